The molecule has 0 radical (unpaired) electrons. The normalized spacial score (nSPS) is 32.8. The van der Waals surface area contributed by atoms with Gasteiger partial charge in [0, 0.05) is 5.25 Å². The molecule has 1 heterocycles. The van der Waals surface area contributed by atoms with Crippen molar-refractivity contribution < 1.29 is 0 Å². The smallest absolute Gasteiger partial charge is 0.105 e. The van der Waals surface area contributed by atoms with E-state index in [0.717, 1.165) is 28.8 Å². The van der Waals surface area contributed by atoms with Crippen LogP contribution in [0.25, 0.3) is 0 Å². The minimum Gasteiger partial charge on any atom is -0.126 e. The van der Waals surface area contributed by atoms with Gasteiger partial charge in [-0.05, 0) is 35.5 Å². The Morgan fingerprint density at radius 2 is 1.60 bits per heavy atom. The van der Waals surface area contributed by atoms with Gasteiger partial charge in [-0.25, -0.2) is 0 Å². The van der Waals surface area contributed by atoms with Crippen molar-refractivity contribution in [3.63, 3.8) is 0 Å². The molecule has 3 unspecified atom stereocenters. The fraction of sp³-hybridized carbons (Fsp3) is 0.889. The topological polar surface area (TPSA) is 0 Å². The van der Waals surface area contributed by atoms with E-state index in [0.29, 0.717) is 0 Å². The van der Waals surface area contributed by atoms with Gasteiger partial charge in [-0.2, -0.15) is 0 Å². The van der Waals surface area contributed by atoms with Crippen molar-refractivity contribution in [3.8, 4) is 0 Å². The molecule has 0 aromatic heterocycles. The molecule has 3 atom stereocenters. The second-order valence-corrected chi connectivity index (χ2v) is 9.01. The van der Waals surface area contributed by atoms with Crippen molar-refractivity contribution in [1.29, 1.82) is 0 Å². The summed E-state index contributed by atoms with van der Waals surface area (Å²) in [6.45, 7) is 9.63. The zero-order valence-corrected chi connectivity index (χ0v) is 15.1. The summed E-state index contributed by atoms with van der Waals surface area (Å²) >= 11 is 2.26. The fourth-order valence-corrected chi connectivity index (χ4v) is 6.15. The molecule has 0 amide bonds. The van der Waals surface area contributed by atoms with Crippen molar-refractivity contribution in [1.82, 2.24) is 0 Å². The molecule has 0 aromatic rings. The average molecular weight is 292 g/mol. The van der Waals surface area contributed by atoms with Crippen LogP contribution in [0.4, 0.5) is 0 Å². The van der Waals surface area contributed by atoms with Gasteiger partial charge in [0.05, 0.1) is 0 Å². The summed E-state index contributed by atoms with van der Waals surface area (Å²) in [6, 6.07) is 0. The summed E-state index contributed by atoms with van der Waals surface area (Å²) in [5, 5.41) is 0.887. The lowest BCUT2D eigenvalue weighted by Gasteiger charge is -2.27. The summed E-state index contributed by atoms with van der Waals surface area (Å²) in [4.78, 5) is 1.75. The summed E-state index contributed by atoms with van der Waals surface area (Å²) in [5.74, 6) is 3.28. The highest BCUT2D eigenvalue weighted by Crippen LogP contribution is 2.52. The first kappa shape index (κ1) is 16.5. The van der Waals surface area contributed by atoms with Crippen LogP contribution < -0.4 is 0 Å². The minimum absolute atomic E-state index is 0.727. The highest BCUT2D eigenvalue weighted by atomic mass is 32.2. The molecule has 20 heavy (non-hydrogen) atoms. The maximum Gasteiger partial charge on any atom is 0.105 e. The molecule has 1 aliphatic carbocycles. The SMILES string of the molecule is BC1CCCCCCC2C(C(C)C)=C(C(C)C)SC2C1. The Labute approximate surface area is 132 Å². The van der Waals surface area contributed by atoms with Crippen LogP contribution in [-0.4, -0.2) is 13.1 Å². The lowest BCUT2D eigenvalue weighted by atomic mass is 9.73. The second-order valence-electron chi connectivity index (χ2n) is 7.72. The number of hydrogen-bond acceptors (Lipinski definition) is 1. The first-order chi connectivity index (χ1) is 9.50. The van der Waals surface area contributed by atoms with Crippen LogP contribution in [-0.2, 0) is 0 Å². The van der Waals surface area contributed by atoms with Crippen LogP contribution in [0.2, 0.25) is 5.82 Å². The van der Waals surface area contributed by atoms with E-state index in [2.05, 4.69) is 47.3 Å². The summed E-state index contributed by atoms with van der Waals surface area (Å²) in [6.07, 6.45) is 10.2. The van der Waals surface area contributed by atoms with E-state index in [1.165, 1.54) is 44.9 Å². The quantitative estimate of drug-likeness (QED) is 0.610. The van der Waals surface area contributed by atoms with E-state index in [1.807, 2.05) is 5.57 Å². The van der Waals surface area contributed by atoms with Gasteiger partial charge in [-0.1, -0.05) is 71.2 Å². The molecule has 0 nitrogen and oxygen atoms in total. The summed E-state index contributed by atoms with van der Waals surface area (Å²) in [5.41, 5.74) is 1.84. The molecule has 2 heteroatoms. The number of allylic oxidation sites excluding steroid dienone is 2. The van der Waals surface area contributed by atoms with Gasteiger partial charge in [-0.15, -0.1) is 11.8 Å². The van der Waals surface area contributed by atoms with E-state index >= 15 is 0 Å². The van der Waals surface area contributed by atoms with Crippen LogP contribution in [0.5, 0.6) is 0 Å². The lowest BCUT2D eigenvalue weighted by Crippen LogP contribution is -2.20. The monoisotopic (exact) mass is 292 g/mol. The third-order valence-corrected chi connectivity index (χ3v) is 6.94. The van der Waals surface area contributed by atoms with Crippen LogP contribution in [0, 0.1) is 17.8 Å². The lowest BCUT2D eigenvalue weighted by molar-refractivity contribution is 0.422. The zero-order chi connectivity index (χ0) is 14.7. The van der Waals surface area contributed by atoms with Gasteiger partial charge in [0.2, 0.25) is 0 Å². The first-order valence-electron chi connectivity index (χ1n) is 8.91. The molecule has 0 spiro atoms. The molecule has 1 aliphatic heterocycles. The Morgan fingerprint density at radius 1 is 0.950 bits per heavy atom. The highest BCUT2D eigenvalue weighted by molar-refractivity contribution is 8.04. The molecule has 2 rings (SSSR count). The molecule has 1 saturated carbocycles. The van der Waals surface area contributed by atoms with Crippen LogP contribution in [0.3, 0.4) is 0 Å². The first-order valence-corrected chi connectivity index (χ1v) is 9.79. The third-order valence-electron chi connectivity index (χ3n) is 5.15. The third kappa shape index (κ3) is 3.87. The Hall–Kier alpha value is 0.155. The van der Waals surface area contributed by atoms with Crippen molar-refractivity contribution >= 4 is 19.6 Å². The van der Waals surface area contributed by atoms with Crippen molar-refractivity contribution in [2.24, 2.45) is 17.8 Å². The van der Waals surface area contributed by atoms with Crippen molar-refractivity contribution in [2.75, 3.05) is 0 Å². The van der Waals surface area contributed by atoms with Crippen molar-refractivity contribution in [2.45, 2.75) is 83.7 Å². The van der Waals surface area contributed by atoms with E-state index in [-0.39, 0.29) is 0 Å². The molecular weight excluding hydrogens is 259 g/mol. The Kier molecular flexibility index (Phi) is 6.14. The summed E-state index contributed by atoms with van der Waals surface area (Å²) < 4.78 is 0. The Morgan fingerprint density at radius 3 is 2.20 bits per heavy atom. The molecule has 1 fully saturated rings. The van der Waals surface area contributed by atoms with Crippen molar-refractivity contribution in [3.05, 3.63) is 10.5 Å². The van der Waals surface area contributed by atoms with Gasteiger partial charge < -0.3 is 0 Å². The van der Waals surface area contributed by atoms with Gasteiger partial charge in [0.15, 0.2) is 0 Å². The summed E-state index contributed by atoms with van der Waals surface area (Å²) in [7, 11) is 2.49. The average Bonchev–Trinajstić information content (AvgIpc) is 2.73. The molecular formula is C18H33BS. The maximum atomic E-state index is 2.49. The Bertz CT molecular complexity index is 345. The maximum absolute atomic E-state index is 2.49. The standard InChI is InChI=1S/C18H33BS/c1-12(2)17-15-10-8-6-5-7-9-14(19)11-16(15)20-18(17)13(3)4/h12-16H,5-11,19H2,1-4H3. The fourth-order valence-electron chi connectivity index (χ4n) is 4.16. The zero-order valence-electron chi connectivity index (χ0n) is 14.2. The Balaban J connectivity index is 2.21. The molecule has 0 bridgehead atoms. The van der Waals surface area contributed by atoms with Gasteiger partial charge in [0.1, 0.15) is 7.85 Å². The molecule has 0 aromatic carbocycles. The van der Waals surface area contributed by atoms with Gasteiger partial charge >= 0.3 is 0 Å². The van der Waals surface area contributed by atoms with Crippen LogP contribution >= 0.6 is 11.8 Å². The minimum atomic E-state index is 0.727. The second kappa shape index (κ2) is 7.43. The molecule has 0 saturated heterocycles. The van der Waals surface area contributed by atoms with Gasteiger partial charge in [0.25, 0.3) is 0 Å². The predicted octanol–water partition coefficient (Wildman–Crippen LogP) is 5.45. The predicted molar refractivity (Wildman–Crippen MR) is 96.2 cm³/mol. The van der Waals surface area contributed by atoms with E-state index < -0.39 is 0 Å². The number of rotatable bonds is 2. The van der Waals surface area contributed by atoms with Gasteiger partial charge in [-0.3, -0.25) is 0 Å². The van der Waals surface area contributed by atoms with E-state index in [9.17, 15) is 0 Å². The molecule has 114 valence electrons. The van der Waals surface area contributed by atoms with E-state index in [1.54, 1.807) is 4.91 Å². The number of thioether (sulfide) groups is 1. The van der Waals surface area contributed by atoms with E-state index in [4.69, 9.17) is 0 Å². The molecule has 0 N–H and O–H groups in total. The largest absolute Gasteiger partial charge is 0.126 e. The van der Waals surface area contributed by atoms with Crippen LogP contribution in [0.1, 0.15) is 72.6 Å². The van der Waals surface area contributed by atoms with Crippen LogP contribution in [0.15, 0.2) is 10.5 Å². The highest BCUT2D eigenvalue weighted by Gasteiger charge is 2.37. The number of hydrogen-bond donors (Lipinski definition) is 0. The molecule has 2 aliphatic rings. The number of fused-ring (bicyclic) bond motifs is 1.